The number of aromatic nitrogens is 2. The van der Waals surface area contributed by atoms with Gasteiger partial charge in [0.1, 0.15) is 11.5 Å². The van der Waals surface area contributed by atoms with Crippen LogP contribution in [0.15, 0.2) is 207 Å². The van der Waals surface area contributed by atoms with Crippen LogP contribution in [0.1, 0.15) is 113 Å². The first-order chi connectivity index (χ1) is 45.1. The highest BCUT2D eigenvalue weighted by atomic mass is 35.5. The molecule has 6 aromatic carbocycles. The molecule has 10 aromatic rings. The van der Waals surface area contributed by atoms with Crippen LogP contribution in [-0.2, 0) is 58.0 Å². The van der Waals surface area contributed by atoms with E-state index in [-0.39, 0.29) is 108 Å². The molecular weight excluding hydrogens is 1250 g/mol. The molecule has 0 saturated heterocycles. The molecule has 0 fully saturated rings. The number of benzene rings is 6. The van der Waals surface area contributed by atoms with E-state index < -0.39 is 46.8 Å². The third kappa shape index (κ3) is 16.6. The van der Waals surface area contributed by atoms with Crippen molar-refractivity contribution >= 4 is 58.3 Å². The number of ketones is 4. The predicted molar refractivity (Wildman–Crippen MR) is 346 cm³/mol. The first-order valence-electron chi connectivity index (χ1n) is 29.1. The Morgan fingerprint density at radius 3 is 1.13 bits per heavy atom. The van der Waals surface area contributed by atoms with E-state index in [9.17, 15) is 47.9 Å². The largest absolute Gasteiger partial charge is 0.519 e. The number of nitrogens with zero attached hydrogens (tertiary/aromatic N) is 2. The van der Waals surface area contributed by atoms with Crippen molar-refractivity contribution in [2.45, 2.75) is 78.7 Å². The van der Waals surface area contributed by atoms with Gasteiger partial charge in [0.05, 0.1) is 49.8 Å². The fraction of sp³-hybridized carbons (Fsp3) is 0.194. The molecule has 0 N–H and O–H groups in total. The van der Waals surface area contributed by atoms with Crippen LogP contribution < -0.4 is 32.2 Å². The Hall–Kier alpha value is -11.0. The number of esters is 2. The maximum Gasteiger partial charge on any atom is 0.519 e. The van der Waals surface area contributed by atoms with E-state index in [1.165, 1.54) is 99.8 Å². The Balaban J connectivity index is 0.000000221. The van der Waals surface area contributed by atoms with Gasteiger partial charge in [-0.3, -0.25) is 28.8 Å². The molecule has 0 aliphatic rings. The summed E-state index contributed by atoms with van der Waals surface area (Å²) in [6.45, 7) is 5.34. The minimum absolute atomic E-state index is 0.0362. The molecule has 22 heteroatoms. The first kappa shape index (κ1) is 67.4. The molecule has 4 aromatic heterocycles. The number of hydrogen-bond acceptors (Lipinski definition) is 18. The number of ether oxygens (including phenoxy) is 4. The van der Waals surface area contributed by atoms with Crippen molar-refractivity contribution in [3.05, 3.63) is 290 Å². The zero-order valence-electron chi connectivity index (χ0n) is 51.6. The van der Waals surface area contributed by atoms with E-state index in [2.05, 4.69) is 0 Å². The Kier molecular flexibility index (Phi) is 21.8. The number of carbonyl (C=O) groups is 6. The average molecular weight is 1310 g/mol. The number of Topliss-reactive ketones (excluding diaryl/α,β-unsaturated/α-hetero) is 4. The quantitative estimate of drug-likeness (QED) is 0.0402. The van der Waals surface area contributed by atoms with E-state index in [0.29, 0.717) is 54.6 Å². The Bertz CT molecular complexity index is 4410. The summed E-state index contributed by atoms with van der Waals surface area (Å²) in [4.78, 5) is 128. The van der Waals surface area contributed by atoms with Crippen molar-refractivity contribution in [1.82, 2.24) is 9.13 Å². The third-order valence-electron chi connectivity index (χ3n) is 15.3. The minimum atomic E-state index is -0.906. The van der Waals surface area contributed by atoms with Crippen LogP contribution in [0.5, 0.6) is 11.5 Å². The summed E-state index contributed by atoms with van der Waals surface area (Å²) in [5, 5.41) is 0.767. The SMILES string of the molecule is COc1cn([C@@H](Cc2ccccc2)C(=O)Cc2ccc(C(=O)OCc3oc(=O)oc3C)cc2)c(=O)cc1-c1cc(Cl)ccc1C(C)=O.COc1cn([C@H](Cc2ccccc2)C(=O)Cc2ccc(C(=O)OCc3oc(=O)oc3C)cc2)c(=O)cc1-c1cc(Cl)ccc1C(C)=O. The van der Waals surface area contributed by atoms with Gasteiger partial charge in [-0.15, -0.1) is 0 Å². The zero-order chi connectivity index (χ0) is 67.3. The molecule has 10 rings (SSSR count). The van der Waals surface area contributed by atoms with Crippen molar-refractivity contribution in [2.75, 3.05) is 14.2 Å². The topological polar surface area (TPSA) is 270 Å². The second-order valence-corrected chi connectivity index (χ2v) is 22.5. The van der Waals surface area contributed by atoms with Gasteiger partial charge in [-0.25, -0.2) is 19.2 Å². The Morgan fingerprint density at radius 2 is 0.809 bits per heavy atom. The molecule has 0 radical (unpaired) electrons. The first-order valence-corrected chi connectivity index (χ1v) is 29.9. The molecule has 4 heterocycles. The normalized spacial score (nSPS) is 11.6. The lowest BCUT2D eigenvalue weighted by atomic mass is 9.95. The molecule has 0 amide bonds. The van der Waals surface area contributed by atoms with Crippen molar-refractivity contribution in [2.24, 2.45) is 0 Å². The minimum Gasteiger partial charge on any atom is -0.495 e. The molecule has 94 heavy (non-hydrogen) atoms. The van der Waals surface area contributed by atoms with Gasteiger partial charge in [-0.05, 0) is 122 Å². The smallest absolute Gasteiger partial charge is 0.495 e. The third-order valence-corrected chi connectivity index (χ3v) is 15.7. The van der Waals surface area contributed by atoms with Crippen molar-refractivity contribution < 1.29 is 65.4 Å². The molecular formula is C72H60Cl2N2O18. The van der Waals surface area contributed by atoms with Crippen molar-refractivity contribution in [3.8, 4) is 33.8 Å². The van der Waals surface area contributed by atoms with Gasteiger partial charge < -0.3 is 45.8 Å². The van der Waals surface area contributed by atoms with Gasteiger partial charge in [0, 0.05) is 70.1 Å². The number of pyridine rings is 2. The standard InChI is InChI=1S/2C36H30ClNO9/c2*1-21(39)27-14-13-26(37)17-28(27)29-18-34(41)38(19-32(29)44-3)30(15-23-7-5-4-6-8-23)31(40)16-24-9-11-25(12-10-24)35(42)45-20-33-22(2)46-36(43)47-33/h2*4-14,17-19,30H,15-16,20H2,1-3H3/t2*30-/m10/s1. The van der Waals surface area contributed by atoms with Crippen LogP contribution in [0.4, 0.5) is 0 Å². The fourth-order valence-corrected chi connectivity index (χ4v) is 10.7. The number of aryl methyl sites for hydroxylation is 2. The van der Waals surface area contributed by atoms with E-state index in [0.717, 1.165) is 11.1 Å². The molecule has 0 aliphatic carbocycles. The lowest BCUT2D eigenvalue weighted by Gasteiger charge is -2.22. The summed E-state index contributed by atoms with van der Waals surface area (Å²) < 4.78 is 43.7. The van der Waals surface area contributed by atoms with E-state index in [1.54, 1.807) is 60.7 Å². The van der Waals surface area contributed by atoms with E-state index >= 15 is 0 Å². The van der Waals surface area contributed by atoms with E-state index in [1.807, 2.05) is 60.7 Å². The summed E-state index contributed by atoms with van der Waals surface area (Å²) in [6, 6.07) is 41.7. The summed E-state index contributed by atoms with van der Waals surface area (Å²) in [5.74, 6) is -2.75. The Morgan fingerprint density at radius 1 is 0.447 bits per heavy atom. The molecule has 0 spiro atoms. The number of hydrogen-bond donors (Lipinski definition) is 0. The maximum absolute atomic E-state index is 13.9. The number of rotatable bonds is 24. The maximum atomic E-state index is 13.9. The van der Waals surface area contributed by atoms with Gasteiger partial charge in [0.15, 0.2) is 59.4 Å². The van der Waals surface area contributed by atoms with E-state index in [4.69, 9.17) is 59.8 Å². The summed E-state index contributed by atoms with van der Waals surface area (Å²) in [5.41, 5.74) is 4.83. The monoisotopic (exact) mass is 1310 g/mol. The molecule has 480 valence electrons. The van der Waals surface area contributed by atoms with Gasteiger partial charge >= 0.3 is 23.6 Å². The molecule has 0 saturated carbocycles. The summed E-state index contributed by atoms with van der Waals surface area (Å²) >= 11 is 12.5. The summed E-state index contributed by atoms with van der Waals surface area (Å²) in [7, 11) is 2.89. The van der Waals surface area contributed by atoms with Crippen molar-refractivity contribution in [1.29, 1.82) is 0 Å². The molecule has 0 unspecified atom stereocenters. The second kappa shape index (κ2) is 30.4. The number of methoxy groups -OCH3 is 2. The molecule has 20 nitrogen and oxygen atoms in total. The lowest BCUT2D eigenvalue weighted by molar-refractivity contribution is -0.122. The van der Waals surface area contributed by atoms with Crippen LogP contribution >= 0.6 is 23.2 Å². The molecule has 0 bridgehead atoms. The zero-order valence-corrected chi connectivity index (χ0v) is 53.1. The summed E-state index contributed by atoms with van der Waals surface area (Å²) in [6.07, 6.45) is 3.35. The number of carbonyl (C=O) groups excluding carboxylic acids is 6. The highest BCUT2D eigenvalue weighted by molar-refractivity contribution is 6.31. The van der Waals surface area contributed by atoms with Gasteiger partial charge in [-0.1, -0.05) is 108 Å². The highest BCUT2D eigenvalue weighted by Gasteiger charge is 2.28. The van der Waals surface area contributed by atoms with Crippen LogP contribution in [0, 0.1) is 13.8 Å². The molecule has 0 aliphatic heterocycles. The predicted octanol–water partition coefficient (Wildman–Crippen LogP) is 12.4. The Labute approximate surface area is 546 Å². The van der Waals surface area contributed by atoms with Crippen LogP contribution in [0.3, 0.4) is 0 Å². The van der Waals surface area contributed by atoms with Gasteiger partial charge in [0.2, 0.25) is 0 Å². The van der Waals surface area contributed by atoms with Gasteiger partial charge in [0.25, 0.3) is 11.1 Å². The van der Waals surface area contributed by atoms with Crippen molar-refractivity contribution in [3.63, 3.8) is 0 Å². The van der Waals surface area contributed by atoms with Crippen LogP contribution in [0.25, 0.3) is 22.3 Å². The van der Waals surface area contributed by atoms with Crippen LogP contribution in [0.2, 0.25) is 10.0 Å². The fourth-order valence-electron chi connectivity index (χ4n) is 10.4. The van der Waals surface area contributed by atoms with Crippen LogP contribution in [-0.4, -0.2) is 58.4 Å². The van der Waals surface area contributed by atoms with Gasteiger partial charge in [-0.2, -0.15) is 0 Å². The second-order valence-electron chi connectivity index (χ2n) is 21.6. The number of halogens is 2. The lowest BCUT2D eigenvalue weighted by Crippen LogP contribution is -2.32. The molecule has 2 atom stereocenters. The highest BCUT2D eigenvalue weighted by Crippen LogP contribution is 2.36. The average Bonchev–Trinajstić information content (AvgIpc) is 0.967.